The molecule has 28 heavy (non-hydrogen) atoms. The average Bonchev–Trinajstić information content (AvgIpc) is 3.20. The fourth-order valence-electron chi connectivity index (χ4n) is 2.71. The lowest BCUT2D eigenvalue weighted by atomic mass is 10.1. The number of carbonyl (C=O) groups is 1. The number of hydrogen-bond donors (Lipinski definition) is 0. The summed E-state index contributed by atoms with van der Waals surface area (Å²) in [6, 6.07) is 13.5. The van der Waals surface area contributed by atoms with Gasteiger partial charge in [-0.25, -0.2) is 4.98 Å². The number of ether oxygens (including phenoxy) is 3. The molecule has 1 heterocycles. The van der Waals surface area contributed by atoms with E-state index >= 15 is 0 Å². The Balaban J connectivity index is 1.50. The second kappa shape index (κ2) is 9.08. The van der Waals surface area contributed by atoms with Crippen LogP contribution in [0.2, 0.25) is 0 Å². The van der Waals surface area contributed by atoms with Crippen molar-refractivity contribution in [2.24, 2.45) is 0 Å². The second-order valence-corrected chi connectivity index (χ2v) is 6.36. The fraction of sp³-hybridized carbons (Fsp3) is 0.273. The standard InChI is InChI=1S/C22H23NO5/c1-15-4-8-17(9-5-15)22-23-18(14-28-22)13-27-21(24)11-7-16-6-10-19(25-2)20(12-16)26-3/h4-6,8-10,12,14H,7,11,13H2,1-3H3. The number of carbonyl (C=O) groups excluding carboxylic acids is 1. The van der Waals surface area contributed by atoms with Crippen LogP contribution in [0.15, 0.2) is 53.1 Å². The van der Waals surface area contributed by atoms with Gasteiger partial charge in [0.2, 0.25) is 5.89 Å². The van der Waals surface area contributed by atoms with E-state index in [4.69, 9.17) is 18.6 Å². The fourth-order valence-corrected chi connectivity index (χ4v) is 2.71. The maximum atomic E-state index is 12.0. The van der Waals surface area contributed by atoms with Crippen molar-refractivity contribution in [2.45, 2.75) is 26.4 Å². The van der Waals surface area contributed by atoms with Gasteiger partial charge in [-0.15, -0.1) is 0 Å². The van der Waals surface area contributed by atoms with Gasteiger partial charge in [0.25, 0.3) is 0 Å². The first-order valence-electron chi connectivity index (χ1n) is 8.97. The van der Waals surface area contributed by atoms with Gasteiger partial charge >= 0.3 is 5.97 Å². The number of esters is 1. The molecule has 0 aliphatic heterocycles. The van der Waals surface area contributed by atoms with E-state index in [9.17, 15) is 4.79 Å². The monoisotopic (exact) mass is 381 g/mol. The predicted molar refractivity (Wildman–Crippen MR) is 104 cm³/mol. The van der Waals surface area contributed by atoms with Crippen LogP contribution in [-0.4, -0.2) is 25.2 Å². The predicted octanol–water partition coefficient (Wildman–Crippen LogP) is 4.34. The van der Waals surface area contributed by atoms with Gasteiger partial charge in [0.1, 0.15) is 18.6 Å². The minimum absolute atomic E-state index is 0.0835. The molecule has 0 bridgehead atoms. The topological polar surface area (TPSA) is 70.8 Å². The first-order valence-corrected chi connectivity index (χ1v) is 8.97. The number of methoxy groups -OCH3 is 2. The van der Waals surface area contributed by atoms with E-state index in [-0.39, 0.29) is 19.0 Å². The smallest absolute Gasteiger partial charge is 0.306 e. The third-order valence-corrected chi connectivity index (χ3v) is 4.30. The zero-order chi connectivity index (χ0) is 19.9. The van der Waals surface area contributed by atoms with Crippen LogP contribution in [0.1, 0.15) is 23.2 Å². The van der Waals surface area contributed by atoms with Crippen LogP contribution in [0.5, 0.6) is 11.5 Å². The summed E-state index contributed by atoms with van der Waals surface area (Å²) in [7, 11) is 3.17. The van der Waals surface area contributed by atoms with E-state index in [2.05, 4.69) is 4.98 Å². The van der Waals surface area contributed by atoms with Crippen molar-refractivity contribution in [3.05, 3.63) is 65.5 Å². The summed E-state index contributed by atoms with van der Waals surface area (Å²) in [5, 5.41) is 0. The molecule has 3 rings (SSSR count). The number of rotatable bonds is 8. The molecule has 0 saturated heterocycles. The van der Waals surface area contributed by atoms with Crippen LogP contribution in [0, 0.1) is 6.92 Å². The van der Waals surface area contributed by atoms with Crippen LogP contribution < -0.4 is 9.47 Å². The minimum Gasteiger partial charge on any atom is -0.493 e. The molecule has 0 amide bonds. The molecule has 2 aromatic carbocycles. The van der Waals surface area contributed by atoms with Crippen molar-refractivity contribution in [3.8, 4) is 23.0 Å². The number of nitrogens with zero attached hydrogens (tertiary/aromatic N) is 1. The number of benzene rings is 2. The molecule has 0 spiro atoms. The van der Waals surface area contributed by atoms with Gasteiger partial charge in [-0.3, -0.25) is 4.79 Å². The van der Waals surface area contributed by atoms with E-state index in [0.717, 1.165) is 11.1 Å². The summed E-state index contributed by atoms with van der Waals surface area (Å²) in [5.41, 5.74) is 3.60. The minimum atomic E-state index is -0.297. The van der Waals surface area contributed by atoms with Gasteiger partial charge in [-0.2, -0.15) is 0 Å². The maximum Gasteiger partial charge on any atom is 0.306 e. The molecule has 0 N–H and O–H groups in total. The van der Waals surface area contributed by atoms with Crippen LogP contribution in [0.3, 0.4) is 0 Å². The first-order chi connectivity index (χ1) is 13.6. The molecule has 6 heteroatoms. The summed E-state index contributed by atoms with van der Waals surface area (Å²) in [6.45, 7) is 2.10. The van der Waals surface area contributed by atoms with Crippen LogP contribution in [0.25, 0.3) is 11.5 Å². The molecule has 0 aliphatic carbocycles. The van der Waals surface area contributed by atoms with Crippen molar-refractivity contribution in [1.29, 1.82) is 0 Å². The summed E-state index contributed by atoms with van der Waals surface area (Å²) < 4.78 is 21.3. The first kappa shape index (κ1) is 19.5. The van der Waals surface area contributed by atoms with Crippen molar-refractivity contribution in [3.63, 3.8) is 0 Å². The molecule has 0 aliphatic rings. The van der Waals surface area contributed by atoms with Gasteiger partial charge in [-0.1, -0.05) is 23.8 Å². The maximum absolute atomic E-state index is 12.0. The third-order valence-electron chi connectivity index (χ3n) is 4.30. The van der Waals surface area contributed by atoms with Crippen LogP contribution in [-0.2, 0) is 22.6 Å². The van der Waals surface area contributed by atoms with Gasteiger partial charge in [0, 0.05) is 12.0 Å². The summed E-state index contributed by atoms with van der Waals surface area (Å²) in [6.07, 6.45) is 2.32. The molecule has 0 fully saturated rings. The zero-order valence-corrected chi connectivity index (χ0v) is 16.2. The number of aryl methyl sites for hydroxylation is 2. The van der Waals surface area contributed by atoms with E-state index in [0.29, 0.717) is 29.5 Å². The Bertz CT molecular complexity index is 930. The molecule has 0 radical (unpaired) electrons. The normalized spacial score (nSPS) is 10.5. The second-order valence-electron chi connectivity index (χ2n) is 6.36. The van der Waals surface area contributed by atoms with E-state index in [1.165, 1.54) is 11.8 Å². The Morgan fingerprint density at radius 2 is 1.79 bits per heavy atom. The Labute approximate surface area is 164 Å². The van der Waals surface area contributed by atoms with E-state index in [1.807, 2.05) is 49.4 Å². The molecule has 0 unspecified atom stereocenters. The molecule has 146 valence electrons. The van der Waals surface area contributed by atoms with E-state index in [1.54, 1.807) is 14.2 Å². The highest BCUT2D eigenvalue weighted by Gasteiger charge is 2.11. The molecule has 3 aromatic rings. The highest BCUT2D eigenvalue weighted by molar-refractivity contribution is 5.69. The highest BCUT2D eigenvalue weighted by Crippen LogP contribution is 2.28. The molecule has 0 atom stereocenters. The lowest BCUT2D eigenvalue weighted by molar-refractivity contribution is -0.145. The van der Waals surface area contributed by atoms with Crippen molar-refractivity contribution < 1.29 is 23.4 Å². The number of oxazole rings is 1. The quantitative estimate of drug-likeness (QED) is 0.541. The van der Waals surface area contributed by atoms with Crippen molar-refractivity contribution in [1.82, 2.24) is 4.98 Å². The Morgan fingerprint density at radius 3 is 2.50 bits per heavy atom. The van der Waals surface area contributed by atoms with Gasteiger partial charge in [0.05, 0.1) is 14.2 Å². The van der Waals surface area contributed by atoms with Crippen LogP contribution >= 0.6 is 0 Å². The largest absolute Gasteiger partial charge is 0.493 e. The molecular weight excluding hydrogens is 358 g/mol. The third kappa shape index (κ3) is 4.91. The SMILES string of the molecule is COc1ccc(CCC(=O)OCc2coc(-c3ccc(C)cc3)n2)cc1OC. The Morgan fingerprint density at radius 1 is 1.04 bits per heavy atom. The summed E-state index contributed by atoms with van der Waals surface area (Å²) in [5.74, 6) is 1.51. The van der Waals surface area contributed by atoms with Crippen molar-refractivity contribution >= 4 is 5.97 Å². The summed E-state index contributed by atoms with van der Waals surface area (Å²) >= 11 is 0. The van der Waals surface area contributed by atoms with Gasteiger partial charge in [-0.05, 0) is 43.2 Å². The lowest BCUT2D eigenvalue weighted by Gasteiger charge is -2.09. The highest BCUT2D eigenvalue weighted by atomic mass is 16.5. The Hall–Kier alpha value is -3.28. The molecule has 1 aromatic heterocycles. The summed E-state index contributed by atoms with van der Waals surface area (Å²) in [4.78, 5) is 16.4. The van der Waals surface area contributed by atoms with Crippen LogP contribution in [0.4, 0.5) is 0 Å². The average molecular weight is 381 g/mol. The zero-order valence-electron chi connectivity index (χ0n) is 16.2. The van der Waals surface area contributed by atoms with E-state index < -0.39 is 0 Å². The molecular formula is C22H23NO5. The van der Waals surface area contributed by atoms with Crippen molar-refractivity contribution in [2.75, 3.05) is 14.2 Å². The lowest BCUT2D eigenvalue weighted by Crippen LogP contribution is -2.06. The number of aromatic nitrogens is 1. The Kier molecular flexibility index (Phi) is 6.32. The van der Waals surface area contributed by atoms with Gasteiger partial charge in [0.15, 0.2) is 11.5 Å². The van der Waals surface area contributed by atoms with Gasteiger partial charge < -0.3 is 18.6 Å². The number of hydrogen-bond acceptors (Lipinski definition) is 6. The molecule has 0 saturated carbocycles. The molecule has 6 nitrogen and oxygen atoms in total.